The molecule has 114 valence electrons. The number of hydrazine groups is 1. The van der Waals surface area contributed by atoms with Gasteiger partial charge in [0, 0.05) is 23.4 Å². The Labute approximate surface area is 125 Å². The van der Waals surface area contributed by atoms with Gasteiger partial charge < -0.3 is 10.5 Å². The van der Waals surface area contributed by atoms with Gasteiger partial charge in [0.05, 0.1) is 0 Å². The summed E-state index contributed by atoms with van der Waals surface area (Å²) in [6, 6.07) is 13.5. The van der Waals surface area contributed by atoms with E-state index >= 15 is 0 Å². The van der Waals surface area contributed by atoms with Gasteiger partial charge in [0.1, 0.15) is 0 Å². The molecule has 8 nitrogen and oxygen atoms in total. The highest BCUT2D eigenvalue weighted by Gasteiger charge is 2.08. The summed E-state index contributed by atoms with van der Waals surface area (Å²) in [7, 11) is 0. The van der Waals surface area contributed by atoms with E-state index in [1.165, 1.54) is 24.3 Å². The molecule has 0 heterocycles. The molecule has 0 fully saturated rings. The van der Waals surface area contributed by atoms with E-state index in [2.05, 4.69) is 16.2 Å². The maximum absolute atomic E-state index is 11.8. The summed E-state index contributed by atoms with van der Waals surface area (Å²) in [4.78, 5) is 23.4. The van der Waals surface area contributed by atoms with Gasteiger partial charge in [-0.3, -0.25) is 10.2 Å². The van der Waals surface area contributed by atoms with Crippen molar-refractivity contribution in [1.29, 1.82) is 0 Å². The zero-order valence-corrected chi connectivity index (χ0v) is 11.4. The molecule has 0 saturated carbocycles. The Bertz CT molecular complexity index is 644. The Hall–Kier alpha value is -2.94. The molecule has 0 aliphatic carbocycles. The Balaban J connectivity index is 1.85. The number of hydrogen-bond acceptors (Lipinski definition) is 4. The minimum atomic E-state index is -1.08. The summed E-state index contributed by atoms with van der Waals surface area (Å²) in [5, 5.41) is 20.9. The Kier molecular flexibility index (Phi) is 5.04. The molecule has 2 aromatic carbocycles. The van der Waals surface area contributed by atoms with Crippen LogP contribution in [0.15, 0.2) is 54.6 Å². The van der Waals surface area contributed by atoms with Crippen LogP contribution < -0.4 is 21.4 Å². The molecule has 0 aliphatic heterocycles. The first-order valence-electron chi connectivity index (χ1n) is 6.32. The number of quaternary nitrogens is 1. The molecule has 0 radical (unpaired) electrons. The van der Waals surface area contributed by atoms with E-state index in [9.17, 15) is 14.8 Å². The van der Waals surface area contributed by atoms with Crippen molar-refractivity contribution in [2.75, 3.05) is 5.32 Å². The lowest BCUT2D eigenvalue weighted by Gasteiger charge is -2.12. The van der Waals surface area contributed by atoms with Crippen LogP contribution in [-0.2, 0) is 0 Å². The Morgan fingerprint density at radius 1 is 0.955 bits per heavy atom. The lowest BCUT2D eigenvalue weighted by atomic mass is 10.2. The van der Waals surface area contributed by atoms with E-state index in [-0.39, 0.29) is 11.3 Å². The van der Waals surface area contributed by atoms with Crippen molar-refractivity contribution in [3.05, 3.63) is 65.4 Å². The van der Waals surface area contributed by atoms with Crippen LogP contribution in [0, 0.1) is 5.21 Å². The predicted octanol–water partition coefficient (Wildman–Crippen LogP) is 0.557. The first kappa shape index (κ1) is 15.4. The third kappa shape index (κ3) is 4.28. The summed E-state index contributed by atoms with van der Waals surface area (Å²) < 4.78 is 0. The van der Waals surface area contributed by atoms with Gasteiger partial charge >= 0.3 is 6.03 Å². The maximum atomic E-state index is 11.8. The van der Waals surface area contributed by atoms with Gasteiger partial charge in [0.2, 0.25) is 0 Å². The van der Waals surface area contributed by atoms with E-state index in [4.69, 9.17) is 5.21 Å². The van der Waals surface area contributed by atoms with Crippen molar-refractivity contribution in [2.24, 2.45) is 0 Å². The van der Waals surface area contributed by atoms with Crippen LogP contribution >= 0.6 is 0 Å². The molecule has 1 atom stereocenters. The lowest BCUT2D eigenvalue weighted by molar-refractivity contribution is -0.991. The van der Waals surface area contributed by atoms with Gasteiger partial charge in [-0.1, -0.05) is 18.2 Å². The van der Waals surface area contributed by atoms with Crippen molar-refractivity contribution in [3.8, 4) is 0 Å². The van der Waals surface area contributed by atoms with Crippen molar-refractivity contribution in [2.45, 2.75) is 0 Å². The number of hydrogen-bond donors (Lipinski definition) is 5. The first-order valence-corrected chi connectivity index (χ1v) is 6.32. The van der Waals surface area contributed by atoms with Crippen LogP contribution in [0.3, 0.4) is 0 Å². The second-order valence-corrected chi connectivity index (χ2v) is 4.28. The number of benzene rings is 2. The molecule has 0 aromatic heterocycles. The van der Waals surface area contributed by atoms with Crippen molar-refractivity contribution in [1.82, 2.24) is 10.9 Å². The van der Waals surface area contributed by atoms with Crippen LogP contribution in [0.25, 0.3) is 0 Å². The van der Waals surface area contributed by atoms with Crippen LogP contribution in [0.4, 0.5) is 16.2 Å². The summed E-state index contributed by atoms with van der Waals surface area (Å²) >= 11 is 0. The van der Waals surface area contributed by atoms with Gasteiger partial charge in [0.15, 0.2) is 5.69 Å². The second-order valence-electron chi connectivity index (χ2n) is 4.28. The van der Waals surface area contributed by atoms with Crippen molar-refractivity contribution < 1.29 is 20.0 Å². The number of carbonyl (C=O) groups excluding carboxylic acids is 2. The fraction of sp³-hybridized carbons (Fsp3) is 0. The zero-order valence-electron chi connectivity index (χ0n) is 11.4. The quantitative estimate of drug-likeness (QED) is 0.532. The summed E-state index contributed by atoms with van der Waals surface area (Å²) in [6.45, 7) is 0. The van der Waals surface area contributed by atoms with Crippen LogP contribution in [0.2, 0.25) is 0 Å². The highest BCUT2D eigenvalue weighted by molar-refractivity contribution is 5.97. The van der Waals surface area contributed by atoms with Crippen LogP contribution in [0.1, 0.15) is 10.4 Å². The van der Waals surface area contributed by atoms with Gasteiger partial charge in [0.25, 0.3) is 5.91 Å². The molecule has 5 N–H and O–H groups in total. The third-order valence-corrected chi connectivity index (χ3v) is 2.72. The van der Waals surface area contributed by atoms with Gasteiger partial charge in [-0.2, -0.15) is 5.23 Å². The van der Waals surface area contributed by atoms with Crippen LogP contribution in [-0.4, -0.2) is 17.1 Å². The number of para-hydroxylation sites is 1. The summed E-state index contributed by atoms with van der Waals surface area (Å²) in [5.74, 6) is -0.555. The first-order chi connectivity index (χ1) is 10.6. The van der Waals surface area contributed by atoms with E-state index in [0.29, 0.717) is 5.69 Å². The number of amides is 3. The van der Waals surface area contributed by atoms with E-state index in [1.54, 1.807) is 24.3 Å². The van der Waals surface area contributed by atoms with Gasteiger partial charge in [-0.15, -0.1) is 0 Å². The molecular formula is C14H14N4O4. The van der Waals surface area contributed by atoms with Gasteiger partial charge in [-0.25, -0.2) is 15.4 Å². The van der Waals surface area contributed by atoms with Crippen LogP contribution in [0.5, 0.6) is 0 Å². The van der Waals surface area contributed by atoms with Crippen molar-refractivity contribution in [3.63, 3.8) is 0 Å². The normalized spacial score (nSPS) is 11.4. The molecule has 0 spiro atoms. The fourth-order valence-corrected chi connectivity index (χ4v) is 1.63. The molecule has 2 aromatic rings. The van der Waals surface area contributed by atoms with Crippen molar-refractivity contribution >= 4 is 23.3 Å². The Morgan fingerprint density at radius 3 is 2.18 bits per heavy atom. The predicted molar refractivity (Wildman–Crippen MR) is 78.3 cm³/mol. The molecule has 0 aliphatic rings. The number of urea groups is 1. The highest BCUT2D eigenvalue weighted by Crippen LogP contribution is 2.05. The Morgan fingerprint density at radius 2 is 1.59 bits per heavy atom. The smallest absolute Gasteiger partial charge is 0.337 e. The molecule has 1 unspecified atom stereocenters. The molecule has 0 saturated heterocycles. The highest BCUT2D eigenvalue weighted by atomic mass is 16.8. The number of anilines is 1. The molecule has 3 amide bonds. The topological polar surface area (TPSA) is 118 Å². The minimum absolute atomic E-state index is 0.0753. The maximum Gasteiger partial charge on any atom is 0.337 e. The minimum Gasteiger partial charge on any atom is -0.595 e. The molecule has 22 heavy (non-hydrogen) atoms. The molecule has 0 bridgehead atoms. The number of rotatable bonds is 3. The SMILES string of the molecule is O=C(NNC(=O)c1ccc([NH+]([O-])O)cc1)Nc1ccccc1. The monoisotopic (exact) mass is 302 g/mol. The zero-order chi connectivity index (χ0) is 15.9. The molecule has 2 rings (SSSR count). The fourth-order valence-electron chi connectivity index (χ4n) is 1.63. The van der Waals surface area contributed by atoms with E-state index in [1.807, 2.05) is 6.07 Å². The van der Waals surface area contributed by atoms with E-state index < -0.39 is 17.2 Å². The molecular weight excluding hydrogens is 288 g/mol. The number of nitrogens with one attached hydrogen (secondary N) is 4. The summed E-state index contributed by atoms with van der Waals surface area (Å²) in [5.41, 5.74) is 5.31. The standard InChI is InChI=1S/C14H14N4O4/c19-13(10-6-8-12(9-7-10)18(21)22)16-17-14(20)15-11-4-2-1-3-5-11/h1-9,18,21H,(H,16,19)(H2,15,17,20). The average molecular weight is 302 g/mol. The number of carbonyl (C=O) groups is 2. The van der Waals surface area contributed by atoms with E-state index in [0.717, 1.165) is 0 Å². The lowest BCUT2D eigenvalue weighted by Crippen LogP contribution is -2.99. The molecule has 8 heteroatoms. The largest absolute Gasteiger partial charge is 0.595 e. The third-order valence-electron chi connectivity index (χ3n) is 2.72. The van der Waals surface area contributed by atoms with Gasteiger partial charge in [-0.05, 0) is 24.3 Å². The average Bonchev–Trinajstić information content (AvgIpc) is 2.53. The summed E-state index contributed by atoms with van der Waals surface area (Å²) in [6.07, 6.45) is 0. The second kappa shape index (κ2) is 7.18.